The van der Waals surface area contributed by atoms with E-state index in [0.717, 1.165) is 12.1 Å². The Bertz CT molecular complexity index is 846. The molecule has 2 aromatic carbocycles. The number of aryl methyl sites for hydroxylation is 1. The molecule has 24 heavy (non-hydrogen) atoms. The molecule has 0 unspecified atom stereocenters. The van der Waals surface area contributed by atoms with Gasteiger partial charge in [0, 0.05) is 11.8 Å². The number of para-hydroxylation sites is 1. The van der Waals surface area contributed by atoms with E-state index in [1.54, 1.807) is 19.1 Å². The quantitative estimate of drug-likeness (QED) is 0.729. The first-order valence-electron chi connectivity index (χ1n) is 7.10. The minimum absolute atomic E-state index is 0.233. The summed E-state index contributed by atoms with van der Waals surface area (Å²) in [5.74, 6) is -0.749. The SMILES string of the molecule is Cc1nc(Nc2ccc(F)cc2)cc(Nc2c(F)cccc2F)n1. The molecule has 3 rings (SSSR count). The summed E-state index contributed by atoms with van der Waals surface area (Å²) in [6, 6.07) is 10.8. The Balaban J connectivity index is 1.87. The second-order valence-corrected chi connectivity index (χ2v) is 5.04. The van der Waals surface area contributed by atoms with Gasteiger partial charge in [-0.15, -0.1) is 0 Å². The maximum Gasteiger partial charge on any atom is 0.149 e. The van der Waals surface area contributed by atoms with Crippen LogP contribution in [0.2, 0.25) is 0 Å². The summed E-state index contributed by atoms with van der Waals surface area (Å²) in [6.07, 6.45) is 0. The van der Waals surface area contributed by atoms with Gasteiger partial charge < -0.3 is 10.6 Å². The van der Waals surface area contributed by atoms with E-state index in [2.05, 4.69) is 20.6 Å². The molecule has 7 heteroatoms. The van der Waals surface area contributed by atoms with Gasteiger partial charge in [-0.3, -0.25) is 0 Å². The summed E-state index contributed by atoms with van der Waals surface area (Å²) >= 11 is 0. The molecular formula is C17H13F3N4. The third-order valence-electron chi connectivity index (χ3n) is 3.17. The van der Waals surface area contributed by atoms with Gasteiger partial charge in [0.1, 0.15) is 40.6 Å². The van der Waals surface area contributed by atoms with E-state index in [1.807, 2.05) is 0 Å². The smallest absolute Gasteiger partial charge is 0.149 e. The van der Waals surface area contributed by atoms with Crippen LogP contribution in [0.3, 0.4) is 0 Å². The number of hydrogen-bond acceptors (Lipinski definition) is 4. The van der Waals surface area contributed by atoms with Crippen molar-refractivity contribution < 1.29 is 13.2 Å². The van der Waals surface area contributed by atoms with E-state index in [-0.39, 0.29) is 17.3 Å². The Kier molecular flexibility index (Phi) is 4.33. The molecule has 0 aliphatic rings. The summed E-state index contributed by atoms with van der Waals surface area (Å²) in [6.45, 7) is 1.65. The predicted molar refractivity (Wildman–Crippen MR) is 86.1 cm³/mol. The zero-order valence-corrected chi connectivity index (χ0v) is 12.6. The number of halogens is 3. The first kappa shape index (κ1) is 15.8. The van der Waals surface area contributed by atoms with Crippen LogP contribution in [0.5, 0.6) is 0 Å². The first-order chi connectivity index (χ1) is 11.5. The number of anilines is 4. The zero-order valence-electron chi connectivity index (χ0n) is 12.6. The van der Waals surface area contributed by atoms with Crippen molar-refractivity contribution in [2.45, 2.75) is 6.92 Å². The molecule has 122 valence electrons. The highest BCUT2D eigenvalue weighted by Gasteiger charge is 2.10. The Morgan fingerprint density at radius 2 is 1.38 bits per heavy atom. The lowest BCUT2D eigenvalue weighted by Gasteiger charge is -2.11. The number of nitrogens with zero attached hydrogens (tertiary/aromatic N) is 2. The minimum Gasteiger partial charge on any atom is -0.340 e. The largest absolute Gasteiger partial charge is 0.340 e. The van der Waals surface area contributed by atoms with Crippen LogP contribution in [-0.4, -0.2) is 9.97 Å². The van der Waals surface area contributed by atoms with Crippen molar-refractivity contribution in [1.29, 1.82) is 0 Å². The molecule has 0 saturated heterocycles. The van der Waals surface area contributed by atoms with Crippen LogP contribution in [-0.2, 0) is 0 Å². The highest BCUT2D eigenvalue weighted by atomic mass is 19.1. The third-order valence-corrected chi connectivity index (χ3v) is 3.17. The van der Waals surface area contributed by atoms with Crippen LogP contribution < -0.4 is 10.6 Å². The molecule has 0 aliphatic heterocycles. The Morgan fingerprint density at radius 1 is 0.792 bits per heavy atom. The van der Waals surface area contributed by atoms with Crippen LogP contribution in [0.15, 0.2) is 48.5 Å². The van der Waals surface area contributed by atoms with Gasteiger partial charge >= 0.3 is 0 Å². The second-order valence-electron chi connectivity index (χ2n) is 5.04. The monoisotopic (exact) mass is 330 g/mol. The van der Waals surface area contributed by atoms with Crippen LogP contribution >= 0.6 is 0 Å². The van der Waals surface area contributed by atoms with Gasteiger partial charge in [-0.2, -0.15) is 0 Å². The van der Waals surface area contributed by atoms with Crippen molar-refractivity contribution in [2.24, 2.45) is 0 Å². The highest BCUT2D eigenvalue weighted by molar-refractivity contribution is 5.63. The molecule has 0 aliphatic carbocycles. The Labute approximate surface area is 136 Å². The van der Waals surface area contributed by atoms with Crippen molar-refractivity contribution in [1.82, 2.24) is 9.97 Å². The molecule has 1 aromatic heterocycles. The fourth-order valence-corrected chi connectivity index (χ4v) is 2.12. The van der Waals surface area contributed by atoms with Crippen LogP contribution in [0.4, 0.5) is 36.2 Å². The summed E-state index contributed by atoms with van der Waals surface area (Å²) < 4.78 is 40.4. The van der Waals surface area contributed by atoms with Gasteiger partial charge in [-0.05, 0) is 43.3 Å². The Morgan fingerprint density at radius 3 is 2.00 bits per heavy atom. The molecule has 3 aromatic rings. The van der Waals surface area contributed by atoms with Crippen molar-refractivity contribution in [3.8, 4) is 0 Å². The third kappa shape index (κ3) is 3.62. The molecule has 0 fully saturated rings. The maximum absolute atomic E-state index is 13.7. The molecule has 1 heterocycles. The molecule has 0 bridgehead atoms. The van der Waals surface area contributed by atoms with E-state index in [1.165, 1.54) is 24.3 Å². The molecule has 0 radical (unpaired) electrons. The van der Waals surface area contributed by atoms with E-state index in [4.69, 9.17) is 0 Å². The van der Waals surface area contributed by atoms with E-state index in [9.17, 15) is 13.2 Å². The number of nitrogens with one attached hydrogen (secondary N) is 2. The summed E-state index contributed by atoms with van der Waals surface area (Å²) in [7, 11) is 0. The summed E-state index contributed by atoms with van der Waals surface area (Å²) in [4.78, 5) is 8.31. The van der Waals surface area contributed by atoms with Crippen molar-refractivity contribution in [3.63, 3.8) is 0 Å². The summed E-state index contributed by atoms with van der Waals surface area (Å²) in [5.41, 5.74) is 0.334. The lowest BCUT2D eigenvalue weighted by molar-refractivity contribution is 0.590. The first-order valence-corrected chi connectivity index (χ1v) is 7.10. The number of benzene rings is 2. The molecule has 0 amide bonds. The fourth-order valence-electron chi connectivity index (χ4n) is 2.12. The minimum atomic E-state index is -0.723. The van der Waals surface area contributed by atoms with Crippen LogP contribution in [0.1, 0.15) is 5.82 Å². The molecule has 0 saturated carbocycles. The van der Waals surface area contributed by atoms with E-state index < -0.39 is 11.6 Å². The van der Waals surface area contributed by atoms with Gasteiger partial charge in [0.05, 0.1) is 0 Å². The molecule has 4 nitrogen and oxygen atoms in total. The predicted octanol–water partition coefficient (Wildman–Crippen LogP) is 4.69. The van der Waals surface area contributed by atoms with Crippen molar-refractivity contribution in [3.05, 3.63) is 71.8 Å². The lowest BCUT2D eigenvalue weighted by atomic mass is 10.3. The topological polar surface area (TPSA) is 49.8 Å². The summed E-state index contributed by atoms with van der Waals surface area (Å²) in [5, 5.41) is 5.60. The molecule has 2 N–H and O–H groups in total. The van der Waals surface area contributed by atoms with Gasteiger partial charge in [0.25, 0.3) is 0 Å². The van der Waals surface area contributed by atoms with Gasteiger partial charge in [-0.1, -0.05) is 6.07 Å². The number of hydrogen-bond donors (Lipinski definition) is 2. The van der Waals surface area contributed by atoms with Crippen LogP contribution in [0, 0.1) is 24.4 Å². The number of rotatable bonds is 4. The number of aromatic nitrogens is 2. The second kappa shape index (κ2) is 6.57. The highest BCUT2D eigenvalue weighted by Crippen LogP contribution is 2.24. The fraction of sp³-hybridized carbons (Fsp3) is 0.0588. The van der Waals surface area contributed by atoms with Gasteiger partial charge in [0.15, 0.2) is 0 Å². The molecular weight excluding hydrogens is 317 g/mol. The maximum atomic E-state index is 13.7. The normalized spacial score (nSPS) is 10.5. The average molecular weight is 330 g/mol. The van der Waals surface area contributed by atoms with Crippen LogP contribution in [0.25, 0.3) is 0 Å². The molecule has 0 spiro atoms. The van der Waals surface area contributed by atoms with Crippen molar-refractivity contribution >= 4 is 23.0 Å². The van der Waals surface area contributed by atoms with Crippen molar-refractivity contribution in [2.75, 3.05) is 10.6 Å². The van der Waals surface area contributed by atoms with Gasteiger partial charge in [0.2, 0.25) is 0 Å². The zero-order chi connectivity index (χ0) is 17.1. The standard InChI is InChI=1S/C17H13F3N4/c1-10-21-15(23-12-7-5-11(18)6-8-12)9-16(22-10)24-17-13(19)3-2-4-14(17)20/h2-9H,1H3,(H2,21,22,23,24). The van der Waals surface area contributed by atoms with E-state index >= 15 is 0 Å². The van der Waals surface area contributed by atoms with Gasteiger partial charge in [-0.25, -0.2) is 23.1 Å². The lowest BCUT2D eigenvalue weighted by Crippen LogP contribution is -2.03. The molecule has 0 atom stereocenters. The Hall–Kier alpha value is -3.09. The average Bonchev–Trinajstić information content (AvgIpc) is 2.53. The van der Waals surface area contributed by atoms with E-state index in [0.29, 0.717) is 17.3 Å².